The van der Waals surface area contributed by atoms with Crippen molar-refractivity contribution in [2.75, 3.05) is 13.2 Å². The van der Waals surface area contributed by atoms with E-state index < -0.39 is 29.7 Å². The monoisotopic (exact) mass is 460 g/mol. The summed E-state index contributed by atoms with van der Waals surface area (Å²) in [7, 11) is 0. The fourth-order valence-corrected chi connectivity index (χ4v) is 3.39. The smallest absolute Gasteiger partial charge is 0.422 e. The lowest BCUT2D eigenvalue weighted by Crippen LogP contribution is -2.61. The number of fused-ring (bicyclic) bond motifs is 3. The summed E-state index contributed by atoms with van der Waals surface area (Å²) in [6.07, 6.45) is -6.05. The van der Waals surface area contributed by atoms with E-state index in [1.54, 1.807) is 0 Å². The molecule has 1 atom stereocenters. The van der Waals surface area contributed by atoms with Gasteiger partial charge in [-0.3, -0.25) is 4.79 Å². The van der Waals surface area contributed by atoms with Crippen LogP contribution in [0.1, 0.15) is 24.0 Å². The predicted molar refractivity (Wildman–Crippen MR) is 111 cm³/mol. The van der Waals surface area contributed by atoms with E-state index in [9.17, 15) is 27.6 Å². The van der Waals surface area contributed by atoms with Crippen LogP contribution in [0.15, 0.2) is 48.5 Å². The van der Waals surface area contributed by atoms with Crippen molar-refractivity contribution in [2.24, 2.45) is 0 Å². The molecule has 172 valence electrons. The first-order valence-electron chi connectivity index (χ1n) is 9.74. The number of alkyl carbamates (subject to hydrolysis) is 1. The number of ether oxygens (including phenoxy) is 1. The number of amides is 2. The Morgan fingerprint density at radius 2 is 1.58 bits per heavy atom. The Morgan fingerprint density at radius 1 is 1.03 bits per heavy atom. The first kappa shape index (κ1) is 23.7. The molecule has 33 heavy (non-hydrogen) atoms. The number of carboxylic acids is 1. The van der Waals surface area contributed by atoms with Gasteiger partial charge in [-0.2, -0.15) is 13.2 Å². The second kappa shape index (κ2) is 9.24. The first-order chi connectivity index (χ1) is 15.5. The summed E-state index contributed by atoms with van der Waals surface area (Å²) in [6.45, 7) is -0.0277. The molecule has 0 fully saturated rings. The fraction of sp³-hybridized carbons (Fsp3) is 0.261. The number of rotatable bonds is 5. The summed E-state index contributed by atoms with van der Waals surface area (Å²) in [5, 5.41) is 12.4. The lowest BCUT2D eigenvalue weighted by molar-refractivity contribution is -0.206. The van der Waals surface area contributed by atoms with Crippen molar-refractivity contribution in [1.29, 1.82) is 0 Å². The summed E-state index contributed by atoms with van der Waals surface area (Å²) >= 11 is 0. The molecule has 7 nitrogen and oxygen atoms in total. The third-order valence-electron chi connectivity index (χ3n) is 5.22. The molecule has 2 aromatic rings. The van der Waals surface area contributed by atoms with Crippen LogP contribution in [-0.2, 0) is 14.3 Å². The fourth-order valence-electron chi connectivity index (χ4n) is 3.39. The molecule has 0 bridgehead atoms. The molecule has 10 heteroatoms. The molecular weight excluding hydrogens is 441 g/mol. The Hall–Kier alpha value is -4.00. The highest BCUT2D eigenvalue weighted by atomic mass is 19.4. The van der Waals surface area contributed by atoms with Crippen LogP contribution < -0.4 is 10.6 Å². The quantitative estimate of drug-likeness (QED) is 0.595. The number of nitrogens with one attached hydrogen (secondary N) is 2. The number of alkyl halides is 3. The number of aliphatic carboxylic acids is 1. The molecule has 2 amide bonds. The van der Waals surface area contributed by atoms with Crippen LogP contribution in [0.5, 0.6) is 0 Å². The van der Waals surface area contributed by atoms with Crippen molar-refractivity contribution in [3.05, 3.63) is 59.7 Å². The first-order valence-corrected chi connectivity index (χ1v) is 9.74. The molecule has 0 radical (unpaired) electrons. The number of hydrogen-bond acceptors (Lipinski definition) is 4. The molecule has 0 aliphatic heterocycles. The molecule has 1 aliphatic carbocycles. The average Bonchev–Trinajstić information content (AvgIpc) is 3.08. The highest BCUT2D eigenvalue weighted by Crippen LogP contribution is 2.44. The SMILES string of the molecule is CC(NC(=O)C#CCNC(=O)OCC1c2ccccc2-c2ccccc21)(C(=O)O)C(F)(F)F. The van der Waals surface area contributed by atoms with E-state index in [0.29, 0.717) is 6.92 Å². The number of benzene rings is 2. The minimum Gasteiger partial charge on any atom is -0.479 e. The highest BCUT2D eigenvalue weighted by Gasteiger charge is 2.58. The number of halogens is 3. The maximum Gasteiger partial charge on any atom is 0.422 e. The minimum absolute atomic E-state index is 0.0519. The maximum absolute atomic E-state index is 12.9. The molecule has 0 saturated carbocycles. The predicted octanol–water partition coefficient (Wildman–Crippen LogP) is 3.05. The topological polar surface area (TPSA) is 105 Å². The molecule has 0 spiro atoms. The molecule has 0 aromatic heterocycles. The number of carboxylic acid groups (broad SMARTS) is 1. The van der Waals surface area contributed by atoms with Crippen LogP contribution in [0.4, 0.5) is 18.0 Å². The van der Waals surface area contributed by atoms with E-state index in [4.69, 9.17) is 9.84 Å². The van der Waals surface area contributed by atoms with Gasteiger partial charge in [0.05, 0.1) is 6.54 Å². The normalized spacial score (nSPS) is 14.1. The lowest BCUT2D eigenvalue weighted by Gasteiger charge is -2.27. The summed E-state index contributed by atoms with van der Waals surface area (Å²) in [4.78, 5) is 34.5. The van der Waals surface area contributed by atoms with Gasteiger partial charge in [-0.15, -0.1) is 0 Å². The Morgan fingerprint density at radius 3 is 2.09 bits per heavy atom. The third-order valence-corrected chi connectivity index (χ3v) is 5.22. The van der Waals surface area contributed by atoms with Crippen LogP contribution in [0.3, 0.4) is 0 Å². The molecule has 2 aromatic carbocycles. The van der Waals surface area contributed by atoms with Gasteiger partial charge in [-0.1, -0.05) is 54.5 Å². The van der Waals surface area contributed by atoms with Gasteiger partial charge in [0.25, 0.3) is 5.91 Å². The number of carbonyl (C=O) groups excluding carboxylic acids is 2. The summed E-state index contributed by atoms with van der Waals surface area (Å²) in [5.41, 5.74) is 0.680. The van der Waals surface area contributed by atoms with Crippen LogP contribution in [0.25, 0.3) is 11.1 Å². The van der Waals surface area contributed by atoms with Crippen molar-refractivity contribution in [2.45, 2.75) is 24.6 Å². The molecule has 0 heterocycles. The van der Waals surface area contributed by atoms with Crippen molar-refractivity contribution in [1.82, 2.24) is 10.6 Å². The highest BCUT2D eigenvalue weighted by molar-refractivity contribution is 5.97. The van der Waals surface area contributed by atoms with E-state index in [1.165, 1.54) is 5.32 Å². The maximum atomic E-state index is 12.9. The standard InChI is InChI=1S/C23H19F3N2O5/c1-22(20(30)31,23(24,25)26)28-19(29)11-6-12-27-21(32)33-13-18-16-9-4-2-7-14(16)15-8-3-5-10-17(15)18/h2-5,7-10,18H,12-13H2,1H3,(H,27,32)(H,28,29)(H,30,31). The molecule has 1 unspecified atom stereocenters. The van der Waals surface area contributed by atoms with Crippen molar-refractivity contribution >= 4 is 18.0 Å². The second-order valence-electron chi connectivity index (χ2n) is 7.36. The molecule has 3 N–H and O–H groups in total. The molecular formula is C23H19F3N2O5. The van der Waals surface area contributed by atoms with Gasteiger partial charge in [-0.05, 0) is 35.1 Å². The summed E-state index contributed by atoms with van der Waals surface area (Å²) in [6, 6.07) is 15.5. The lowest BCUT2D eigenvalue weighted by atomic mass is 9.98. The van der Waals surface area contributed by atoms with Crippen LogP contribution in [0, 0.1) is 11.8 Å². The van der Waals surface area contributed by atoms with E-state index in [2.05, 4.69) is 11.2 Å². The Bertz CT molecular complexity index is 1110. The Balaban J connectivity index is 1.53. The van der Waals surface area contributed by atoms with Crippen molar-refractivity contribution in [3.63, 3.8) is 0 Å². The van der Waals surface area contributed by atoms with E-state index in [0.717, 1.165) is 22.3 Å². The van der Waals surface area contributed by atoms with Gasteiger partial charge in [0.15, 0.2) is 0 Å². The summed E-state index contributed by atoms with van der Waals surface area (Å²) in [5.74, 6) is 0.0796. The van der Waals surface area contributed by atoms with Gasteiger partial charge in [0, 0.05) is 5.92 Å². The van der Waals surface area contributed by atoms with Crippen molar-refractivity contribution < 1.29 is 37.4 Å². The van der Waals surface area contributed by atoms with Crippen LogP contribution in [0.2, 0.25) is 0 Å². The Kier molecular flexibility index (Phi) is 6.62. The van der Waals surface area contributed by atoms with E-state index in [1.807, 2.05) is 54.5 Å². The molecule has 1 aliphatic rings. The van der Waals surface area contributed by atoms with Gasteiger partial charge >= 0.3 is 18.2 Å². The largest absolute Gasteiger partial charge is 0.479 e. The van der Waals surface area contributed by atoms with Gasteiger partial charge < -0.3 is 20.5 Å². The van der Waals surface area contributed by atoms with Gasteiger partial charge in [0.1, 0.15) is 6.61 Å². The summed E-state index contributed by atoms with van der Waals surface area (Å²) < 4.78 is 43.9. The zero-order valence-electron chi connectivity index (χ0n) is 17.3. The zero-order chi connectivity index (χ0) is 24.2. The average molecular weight is 460 g/mol. The van der Waals surface area contributed by atoms with Crippen molar-refractivity contribution in [3.8, 4) is 23.0 Å². The number of carbonyl (C=O) groups is 3. The molecule has 0 saturated heterocycles. The molecule has 3 rings (SSSR count). The van der Waals surface area contributed by atoms with Gasteiger partial charge in [-0.25, -0.2) is 9.59 Å². The van der Waals surface area contributed by atoms with Gasteiger partial charge in [0.2, 0.25) is 5.54 Å². The zero-order valence-corrected chi connectivity index (χ0v) is 17.3. The van der Waals surface area contributed by atoms with E-state index >= 15 is 0 Å². The number of hydrogen-bond donors (Lipinski definition) is 3. The Labute approximate surface area is 186 Å². The second-order valence-corrected chi connectivity index (χ2v) is 7.36. The van der Waals surface area contributed by atoms with Crippen LogP contribution in [-0.4, -0.2) is 47.9 Å². The van der Waals surface area contributed by atoms with Crippen LogP contribution >= 0.6 is 0 Å². The van der Waals surface area contributed by atoms with E-state index in [-0.39, 0.29) is 19.1 Å². The third kappa shape index (κ3) is 4.92. The minimum atomic E-state index is -5.23.